The van der Waals surface area contributed by atoms with Crippen molar-refractivity contribution in [2.75, 3.05) is 11.5 Å². The molecule has 1 unspecified atom stereocenters. The number of hydrogen-bond acceptors (Lipinski definition) is 5. The average molecular weight is 519 g/mol. The van der Waals surface area contributed by atoms with Crippen molar-refractivity contribution in [1.29, 1.82) is 0 Å². The molecule has 0 bridgehead atoms. The second-order valence-electron chi connectivity index (χ2n) is 7.43. The molecule has 0 saturated carbocycles. The van der Waals surface area contributed by atoms with Crippen LogP contribution in [0.1, 0.15) is 24.1 Å². The second kappa shape index (κ2) is 9.58. The molecule has 34 heavy (non-hydrogen) atoms. The van der Waals surface area contributed by atoms with E-state index in [0.29, 0.717) is 28.6 Å². The largest absolute Gasteiger partial charge is 0.507 e. The van der Waals surface area contributed by atoms with Crippen molar-refractivity contribution in [2.24, 2.45) is 0 Å². The molecule has 1 fully saturated rings. The molecule has 1 atom stereocenters. The van der Waals surface area contributed by atoms with Crippen LogP contribution in [0.2, 0.25) is 15.1 Å². The highest BCUT2D eigenvalue weighted by Crippen LogP contribution is 2.44. The van der Waals surface area contributed by atoms with E-state index < -0.39 is 23.5 Å². The lowest BCUT2D eigenvalue weighted by molar-refractivity contribution is -0.132. The van der Waals surface area contributed by atoms with Crippen LogP contribution in [0.25, 0.3) is 5.76 Å². The Bertz CT molecular complexity index is 1320. The number of aliphatic hydroxyl groups is 1. The number of carbonyl (C=O) groups is 2. The molecular weight excluding hydrogens is 501 g/mol. The SMILES string of the molecule is CCOc1ccc(Cl)c(/C(O)=C2\C(=O)C(=O)N(c3ccc(Cl)cc3)C2c2ccc(O)c(Cl)c2)c1. The van der Waals surface area contributed by atoms with Gasteiger partial charge in [0.2, 0.25) is 0 Å². The van der Waals surface area contributed by atoms with E-state index in [-0.39, 0.29) is 26.9 Å². The molecule has 0 spiro atoms. The number of anilines is 1. The van der Waals surface area contributed by atoms with Gasteiger partial charge < -0.3 is 14.9 Å². The van der Waals surface area contributed by atoms with Gasteiger partial charge in [0.25, 0.3) is 11.7 Å². The summed E-state index contributed by atoms with van der Waals surface area (Å²) in [5.74, 6) is -1.95. The van der Waals surface area contributed by atoms with E-state index in [2.05, 4.69) is 0 Å². The van der Waals surface area contributed by atoms with Crippen molar-refractivity contribution in [3.63, 3.8) is 0 Å². The highest BCUT2D eigenvalue weighted by Gasteiger charge is 2.47. The van der Waals surface area contributed by atoms with Crippen LogP contribution in [0.5, 0.6) is 11.5 Å². The topological polar surface area (TPSA) is 87.1 Å². The van der Waals surface area contributed by atoms with E-state index in [0.717, 1.165) is 0 Å². The molecule has 0 aliphatic carbocycles. The maximum absolute atomic E-state index is 13.2. The molecule has 0 radical (unpaired) electrons. The van der Waals surface area contributed by atoms with Crippen molar-refractivity contribution in [3.8, 4) is 11.5 Å². The molecule has 1 aliphatic heterocycles. The molecule has 1 aliphatic rings. The van der Waals surface area contributed by atoms with Crippen LogP contribution in [0.15, 0.2) is 66.2 Å². The Kier molecular flexibility index (Phi) is 6.75. The van der Waals surface area contributed by atoms with Gasteiger partial charge in [0.1, 0.15) is 17.3 Å². The Hall–Kier alpha value is -3.19. The van der Waals surface area contributed by atoms with Crippen molar-refractivity contribution in [3.05, 3.63) is 92.4 Å². The number of carbonyl (C=O) groups excluding carboxylic acids is 2. The normalized spacial score (nSPS) is 17.3. The Morgan fingerprint density at radius 3 is 2.32 bits per heavy atom. The van der Waals surface area contributed by atoms with Crippen molar-refractivity contribution < 1.29 is 24.5 Å². The number of rotatable bonds is 5. The van der Waals surface area contributed by atoms with Crippen LogP contribution in [0, 0.1) is 0 Å². The Morgan fingerprint density at radius 2 is 1.68 bits per heavy atom. The van der Waals surface area contributed by atoms with Gasteiger partial charge in [-0.3, -0.25) is 14.5 Å². The minimum Gasteiger partial charge on any atom is -0.507 e. The molecule has 4 rings (SSSR count). The number of amides is 1. The van der Waals surface area contributed by atoms with Crippen LogP contribution in [0.3, 0.4) is 0 Å². The van der Waals surface area contributed by atoms with Gasteiger partial charge in [-0.25, -0.2) is 0 Å². The third kappa shape index (κ3) is 4.32. The summed E-state index contributed by atoms with van der Waals surface area (Å²) in [5, 5.41) is 21.8. The summed E-state index contributed by atoms with van der Waals surface area (Å²) < 4.78 is 5.49. The summed E-state index contributed by atoms with van der Waals surface area (Å²) in [6.45, 7) is 2.19. The molecular formula is C25H18Cl3NO5. The molecule has 1 amide bonds. The van der Waals surface area contributed by atoms with Gasteiger partial charge >= 0.3 is 0 Å². The van der Waals surface area contributed by atoms with Crippen LogP contribution >= 0.6 is 34.8 Å². The lowest BCUT2D eigenvalue weighted by atomic mass is 9.95. The first kappa shape index (κ1) is 24.0. The summed E-state index contributed by atoms with van der Waals surface area (Å²) in [6, 6.07) is 14.3. The summed E-state index contributed by atoms with van der Waals surface area (Å²) in [4.78, 5) is 27.7. The van der Waals surface area contributed by atoms with Crippen molar-refractivity contribution in [2.45, 2.75) is 13.0 Å². The molecule has 2 N–H and O–H groups in total. The minimum atomic E-state index is -1.05. The number of phenols is 1. The van der Waals surface area contributed by atoms with E-state index in [9.17, 15) is 19.8 Å². The fourth-order valence-corrected chi connectivity index (χ4v) is 4.32. The zero-order valence-electron chi connectivity index (χ0n) is 17.8. The highest BCUT2D eigenvalue weighted by molar-refractivity contribution is 6.52. The van der Waals surface area contributed by atoms with Crippen LogP contribution < -0.4 is 9.64 Å². The number of Topliss-reactive ketones (excluding diaryl/α,β-unsaturated/α-hetero) is 1. The first-order valence-corrected chi connectivity index (χ1v) is 11.3. The van der Waals surface area contributed by atoms with Crippen LogP contribution in [0.4, 0.5) is 5.69 Å². The third-order valence-corrected chi connectivity index (χ3v) is 6.22. The fourth-order valence-electron chi connectivity index (χ4n) is 3.80. The zero-order chi connectivity index (χ0) is 24.6. The van der Waals surface area contributed by atoms with Gasteiger partial charge in [0, 0.05) is 16.3 Å². The Labute approximate surface area is 210 Å². The third-order valence-electron chi connectivity index (χ3n) is 5.34. The molecule has 0 aromatic heterocycles. The summed E-state index contributed by atoms with van der Waals surface area (Å²) in [6.07, 6.45) is 0. The van der Waals surface area contributed by atoms with Gasteiger partial charge in [-0.15, -0.1) is 0 Å². The zero-order valence-corrected chi connectivity index (χ0v) is 20.0. The summed E-state index contributed by atoms with van der Waals surface area (Å²) in [5.41, 5.74) is 0.735. The molecule has 9 heteroatoms. The summed E-state index contributed by atoms with van der Waals surface area (Å²) in [7, 11) is 0. The number of aliphatic hydroxyl groups excluding tert-OH is 1. The fraction of sp³-hybridized carbons (Fsp3) is 0.120. The Balaban J connectivity index is 1.97. The monoisotopic (exact) mass is 517 g/mol. The predicted octanol–water partition coefficient (Wildman–Crippen LogP) is 6.38. The molecule has 3 aromatic rings. The van der Waals surface area contributed by atoms with Crippen molar-refractivity contribution in [1.82, 2.24) is 0 Å². The first-order valence-electron chi connectivity index (χ1n) is 10.2. The molecule has 174 valence electrons. The number of aromatic hydroxyl groups is 1. The molecule has 1 heterocycles. The second-order valence-corrected chi connectivity index (χ2v) is 8.68. The number of ether oxygens (including phenoxy) is 1. The lowest BCUT2D eigenvalue weighted by Crippen LogP contribution is -2.29. The van der Waals surface area contributed by atoms with E-state index in [1.165, 1.54) is 35.2 Å². The van der Waals surface area contributed by atoms with E-state index in [4.69, 9.17) is 39.5 Å². The van der Waals surface area contributed by atoms with Gasteiger partial charge in [0.05, 0.1) is 28.3 Å². The molecule has 1 saturated heterocycles. The average Bonchev–Trinajstić information content (AvgIpc) is 3.08. The smallest absolute Gasteiger partial charge is 0.300 e. The standard InChI is InChI=1S/C25H18Cl3NO5/c1-2-34-16-8-9-18(27)17(12-16)23(31)21-22(13-3-10-20(30)19(28)11-13)29(25(33)24(21)32)15-6-4-14(26)5-7-15/h3-12,22,30-31H,2H2,1H3/b23-21+. The van der Waals surface area contributed by atoms with E-state index in [1.807, 2.05) is 0 Å². The van der Waals surface area contributed by atoms with Gasteiger partial charge in [0.15, 0.2) is 0 Å². The van der Waals surface area contributed by atoms with Crippen molar-refractivity contribution >= 4 is 57.9 Å². The predicted molar refractivity (Wildman–Crippen MR) is 132 cm³/mol. The van der Waals surface area contributed by atoms with Gasteiger partial charge in [-0.1, -0.05) is 40.9 Å². The Morgan fingerprint density at radius 1 is 0.971 bits per heavy atom. The highest BCUT2D eigenvalue weighted by atomic mass is 35.5. The number of nitrogens with zero attached hydrogens (tertiary/aromatic N) is 1. The van der Waals surface area contributed by atoms with Gasteiger partial charge in [-0.2, -0.15) is 0 Å². The van der Waals surface area contributed by atoms with Gasteiger partial charge in [-0.05, 0) is 67.1 Å². The summed E-state index contributed by atoms with van der Waals surface area (Å²) >= 11 is 18.5. The number of phenolic OH excluding ortho intramolecular Hbond substituents is 1. The number of halogens is 3. The van der Waals surface area contributed by atoms with Crippen LogP contribution in [-0.2, 0) is 9.59 Å². The maximum atomic E-state index is 13.2. The number of benzene rings is 3. The lowest BCUT2D eigenvalue weighted by Gasteiger charge is -2.26. The van der Waals surface area contributed by atoms with E-state index in [1.54, 1.807) is 37.3 Å². The molecule has 3 aromatic carbocycles. The quantitative estimate of drug-likeness (QED) is 0.233. The number of ketones is 1. The number of hydrogen-bond donors (Lipinski definition) is 2. The molecule has 6 nitrogen and oxygen atoms in total. The first-order chi connectivity index (χ1) is 16.2. The maximum Gasteiger partial charge on any atom is 0.300 e. The minimum absolute atomic E-state index is 0.0237. The van der Waals surface area contributed by atoms with E-state index >= 15 is 0 Å². The van der Waals surface area contributed by atoms with Crippen LogP contribution in [-0.4, -0.2) is 28.5 Å².